The normalized spacial score (nSPS) is 30.8. The third-order valence-corrected chi connectivity index (χ3v) is 8.00. The van der Waals surface area contributed by atoms with Crippen LogP contribution in [-0.4, -0.2) is 0 Å². The van der Waals surface area contributed by atoms with Crippen LogP contribution in [-0.2, 0) is 0 Å². The molecule has 0 heterocycles. The van der Waals surface area contributed by atoms with E-state index in [-0.39, 0.29) is 0 Å². The number of hydrogen-bond acceptors (Lipinski definition) is 0. The number of rotatable bonds is 7. The minimum Gasteiger partial charge on any atom is -0.0651 e. The molecule has 1 aliphatic rings. The molecule has 0 aliphatic heterocycles. The first-order valence-corrected chi connectivity index (χ1v) is 10.0. The van der Waals surface area contributed by atoms with Crippen molar-refractivity contribution in [2.75, 3.05) is 0 Å². The lowest BCUT2D eigenvalue weighted by atomic mass is 9.60. The minimum absolute atomic E-state index is 0.465. The highest BCUT2D eigenvalue weighted by molar-refractivity contribution is 4.95. The fraction of sp³-hybridized carbons (Fsp3) is 1.00. The Labute approximate surface area is 141 Å². The fourth-order valence-corrected chi connectivity index (χ4v) is 5.15. The summed E-state index contributed by atoms with van der Waals surface area (Å²) in [6, 6.07) is 0. The largest absolute Gasteiger partial charge is 0.0651 e. The molecule has 132 valence electrons. The molecule has 1 rings (SSSR count). The van der Waals surface area contributed by atoms with Gasteiger partial charge in [0.05, 0.1) is 0 Å². The van der Waals surface area contributed by atoms with Crippen LogP contribution in [0.25, 0.3) is 0 Å². The lowest BCUT2D eigenvalue weighted by Crippen LogP contribution is -2.39. The average Bonchev–Trinajstić information content (AvgIpc) is 2.89. The second-order valence-corrected chi connectivity index (χ2v) is 9.82. The topological polar surface area (TPSA) is 0 Å². The molecule has 0 radical (unpaired) electrons. The molecule has 6 atom stereocenters. The summed E-state index contributed by atoms with van der Waals surface area (Å²) in [6.45, 7) is 24.7. The molecular formula is C22H44. The average molecular weight is 309 g/mol. The van der Waals surface area contributed by atoms with Gasteiger partial charge >= 0.3 is 0 Å². The molecule has 1 fully saturated rings. The van der Waals surface area contributed by atoms with Gasteiger partial charge in [-0.1, -0.05) is 75.7 Å². The van der Waals surface area contributed by atoms with Crippen molar-refractivity contribution in [2.45, 2.75) is 88.5 Å². The smallest absolute Gasteiger partial charge is 0.0295 e. The fourth-order valence-electron chi connectivity index (χ4n) is 5.15. The Bertz CT molecular complexity index is 325. The highest BCUT2D eigenvalue weighted by atomic mass is 14.5. The molecule has 0 nitrogen and oxygen atoms in total. The van der Waals surface area contributed by atoms with Gasteiger partial charge in [-0.25, -0.2) is 0 Å². The Morgan fingerprint density at radius 1 is 0.864 bits per heavy atom. The highest BCUT2D eigenvalue weighted by Crippen LogP contribution is 2.54. The Hall–Kier alpha value is 0. The molecule has 0 amide bonds. The molecule has 0 aromatic rings. The van der Waals surface area contributed by atoms with Crippen LogP contribution in [0.1, 0.15) is 88.5 Å². The van der Waals surface area contributed by atoms with Gasteiger partial charge in [-0.3, -0.25) is 0 Å². The van der Waals surface area contributed by atoms with E-state index >= 15 is 0 Å². The van der Waals surface area contributed by atoms with E-state index in [0.717, 1.165) is 47.3 Å². The van der Waals surface area contributed by atoms with Crippen LogP contribution in [0.2, 0.25) is 0 Å². The van der Waals surface area contributed by atoms with Gasteiger partial charge in [0, 0.05) is 0 Å². The lowest BCUT2D eigenvalue weighted by molar-refractivity contribution is 0.0337. The van der Waals surface area contributed by atoms with E-state index in [2.05, 4.69) is 69.2 Å². The molecule has 6 unspecified atom stereocenters. The second-order valence-electron chi connectivity index (χ2n) is 9.82. The molecule has 1 saturated carbocycles. The molecule has 0 spiro atoms. The van der Waals surface area contributed by atoms with E-state index in [4.69, 9.17) is 0 Å². The standard InChI is InChI=1S/C22H44/c1-11-19-12-20(15(4)5)13-21(19)22(9,10)18(8)17(7)16(6)14(2)3/h14-21H,11-13H2,1-10H3. The molecule has 1 aliphatic carbocycles. The maximum absolute atomic E-state index is 2.58. The molecule has 0 aromatic heterocycles. The van der Waals surface area contributed by atoms with Crippen molar-refractivity contribution in [3.63, 3.8) is 0 Å². The minimum atomic E-state index is 0.465. The molecule has 0 saturated heterocycles. The Morgan fingerprint density at radius 3 is 1.82 bits per heavy atom. The summed E-state index contributed by atoms with van der Waals surface area (Å²) in [7, 11) is 0. The maximum atomic E-state index is 2.58. The van der Waals surface area contributed by atoms with Crippen LogP contribution in [0.4, 0.5) is 0 Å². The maximum Gasteiger partial charge on any atom is -0.0295 e. The first-order valence-electron chi connectivity index (χ1n) is 10.0. The van der Waals surface area contributed by atoms with Crippen molar-refractivity contribution in [3.05, 3.63) is 0 Å². The van der Waals surface area contributed by atoms with Gasteiger partial charge in [-0.2, -0.15) is 0 Å². The van der Waals surface area contributed by atoms with E-state index in [1.807, 2.05) is 0 Å². The summed E-state index contributed by atoms with van der Waals surface area (Å²) in [5, 5.41) is 0. The van der Waals surface area contributed by atoms with Gasteiger partial charge in [0.1, 0.15) is 0 Å². The van der Waals surface area contributed by atoms with Gasteiger partial charge in [-0.05, 0) is 65.6 Å². The summed E-state index contributed by atoms with van der Waals surface area (Å²) < 4.78 is 0. The van der Waals surface area contributed by atoms with E-state index < -0.39 is 0 Å². The molecule has 22 heavy (non-hydrogen) atoms. The second kappa shape index (κ2) is 7.71. The third-order valence-electron chi connectivity index (χ3n) is 8.00. The van der Waals surface area contributed by atoms with Crippen LogP contribution in [0.5, 0.6) is 0 Å². The summed E-state index contributed by atoms with van der Waals surface area (Å²) >= 11 is 0. The van der Waals surface area contributed by atoms with Crippen molar-refractivity contribution in [1.29, 1.82) is 0 Å². The van der Waals surface area contributed by atoms with Crippen molar-refractivity contribution in [3.8, 4) is 0 Å². The molecule has 0 aromatic carbocycles. The van der Waals surface area contributed by atoms with E-state index in [1.165, 1.54) is 19.3 Å². The summed E-state index contributed by atoms with van der Waals surface area (Å²) in [4.78, 5) is 0. The molecule has 0 N–H and O–H groups in total. The van der Waals surface area contributed by atoms with Gasteiger partial charge < -0.3 is 0 Å². The van der Waals surface area contributed by atoms with Gasteiger partial charge in [0.2, 0.25) is 0 Å². The van der Waals surface area contributed by atoms with Crippen LogP contribution < -0.4 is 0 Å². The van der Waals surface area contributed by atoms with E-state index in [1.54, 1.807) is 0 Å². The SMILES string of the molecule is CCC1CC(C(C)C)CC1C(C)(C)C(C)C(C)C(C)C(C)C. The van der Waals surface area contributed by atoms with Gasteiger partial charge in [0.15, 0.2) is 0 Å². The zero-order chi connectivity index (χ0) is 17.2. The van der Waals surface area contributed by atoms with Crippen molar-refractivity contribution in [2.24, 2.45) is 52.8 Å². The lowest BCUT2D eigenvalue weighted by Gasteiger charge is -2.45. The third kappa shape index (κ3) is 4.09. The molecular weight excluding hydrogens is 264 g/mol. The van der Waals surface area contributed by atoms with Gasteiger partial charge in [-0.15, -0.1) is 0 Å². The zero-order valence-corrected chi connectivity index (χ0v) is 17.2. The predicted octanol–water partition coefficient (Wildman–Crippen LogP) is 7.29. The Balaban J connectivity index is 2.91. The van der Waals surface area contributed by atoms with E-state index in [9.17, 15) is 0 Å². The molecule has 0 heteroatoms. The van der Waals surface area contributed by atoms with E-state index in [0.29, 0.717) is 5.41 Å². The first-order chi connectivity index (χ1) is 10.0. The van der Waals surface area contributed by atoms with Crippen molar-refractivity contribution < 1.29 is 0 Å². The van der Waals surface area contributed by atoms with Crippen LogP contribution in [0.3, 0.4) is 0 Å². The van der Waals surface area contributed by atoms with Crippen LogP contribution >= 0.6 is 0 Å². The first kappa shape index (κ1) is 20.0. The Morgan fingerprint density at radius 2 is 1.41 bits per heavy atom. The zero-order valence-electron chi connectivity index (χ0n) is 17.2. The highest BCUT2D eigenvalue weighted by Gasteiger charge is 2.46. The molecule has 0 bridgehead atoms. The summed E-state index contributed by atoms with van der Waals surface area (Å²) in [5.74, 6) is 6.91. The predicted molar refractivity (Wildman–Crippen MR) is 101 cm³/mol. The summed E-state index contributed by atoms with van der Waals surface area (Å²) in [5.41, 5.74) is 0.465. The van der Waals surface area contributed by atoms with Gasteiger partial charge in [0.25, 0.3) is 0 Å². The van der Waals surface area contributed by atoms with Crippen molar-refractivity contribution in [1.82, 2.24) is 0 Å². The van der Waals surface area contributed by atoms with Crippen molar-refractivity contribution >= 4 is 0 Å². The summed E-state index contributed by atoms with van der Waals surface area (Å²) in [6.07, 6.45) is 4.32. The number of hydrogen-bond donors (Lipinski definition) is 0. The quantitative estimate of drug-likeness (QED) is 0.463. The van der Waals surface area contributed by atoms with Crippen LogP contribution in [0.15, 0.2) is 0 Å². The Kier molecular flexibility index (Phi) is 7.03. The monoisotopic (exact) mass is 308 g/mol. The van der Waals surface area contributed by atoms with Crippen LogP contribution in [0, 0.1) is 52.8 Å².